The van der Waals surface area contributed by atoms with Gasteiger partial charge in [0.2, 0.25) is 0 Å². The lowest BCUT2D eigenvalue weighted by molar-refractivity contribution is 0.0769. The van der Waals surface area contributed by atoms with Crippen LogP contribution in [0.25, 0.3) is 10.9 Å². The van der Waals surface area contributed by atoms with Gasteiger partial charge in [0.15, 0.2) is 0 Å². The van der Waals surface area contributed by atoms with Gasteiger partial charge in [-0.1, -0.05) is 18.2 Å². The third-order valence-corrected chi connectivity index (χ3v) is 3.94. The van der Waals surface area contributed by atoms with Gasteiger partial charge in [-0.25, -0.2) is 4.39 Å². The summed E-state index contributed by atoms with van der Waals surface area (Å²) >= 11 is 0. The van der Waals surface area contributed by atoms with Crippen molar-refractivity contribution in [2.24, 2.45) is 0 Å². The zero-order chi connectivity index (χ0) is 17.1. The van der Waals surface area contributed by atoms with Crippen molar-refractivity contribution in [3.05, 3.63) is 65.6 Å². The Balaban J connectivity index is 1.62. The molecule has 5 heteroatoms. The van der Waals surface area contributed by atoms with E-state index in [1.807, 2.05) is 31.2 Å². The van der Waals surface area contributed by atoms with Crippen molar-refractivity contribution in [3.8, 4) is 5.75 Å². The van der Waals surface area contributed by atoms with Gasteiger partial charge in [-0.2, -0.15) is 0 Å². The van der Waals surface area contributed by atoms with Crippen LogP contribution in [0.15, 0.2) is 48.5 Å². The molecule has 2 aromatic carbocycles. The van der Waals surface area contributed by atoms with Gasteiger partial charge in [0, 0.05) is 18.0 Å². The molecule has 1 N–H and O–H groups in total. The molecule has 0 aliphatic carbocycles. The van der Waals surface area contributed by atoms with Crippen molar-refractivity contribution < 1.29 is 13.9 Å². The highest BCUT2D eigenvalue weighted by molar-refractivity contribution is 5.97. The Kier molecular flexibility index (Phi) is 4.51. The third-order valence-electron chi connectivity index (χ3n) is 3.94. The van der Waals surface area contributed by atoms with E-state index >= 15 is 0 Å². The third kappa shape index (κ3) is 3.40. The van der Waals surface area contributed by atoms with Crippen LogP contribution in [0.5, 0.6) is 5.75 Å². The number of hydrogen-bond donors (Lipinski definition) is 1. The van der Waals surface area contributed by atoms with Crippen molar-refractivity contribution in [1.29, 1.82) is 0 Å². The van der Waals surface area contributed by atoms with Crippen LogP contribution < -0.4 is 4.74 Å². The SMILES string of the molecule is Cc1ccccc1OCCN(C)C(=O)c1cc2cc(F)ccc2[nH]1. The second-order valence-electron chi connectivity index (χ2n) is 5.76. The summed E-state index contributed by atoms with van der Waals surface area (Å²) in [6.45, 7) is 2.84. The number of fused-ring (bicyclic) bond motifs is 1. The number of hydrogen-bond acceptors (Lipinski definition) is 2. The highest BCUT2D eigenvalue weighted by Crippen LogP contribution is 2.18. The Morgan fingerprint density at radius 3 is 2.79 bits per heavy atom. The first-order chi connectivity index (χ1) is 11.5. The average Bonchev–Trinajstić information content (AvgIpc) is 2.98. The summed E-state index contributed by atoms with van der Waals surface area (Å²) in [6, 6.07) is 13.8. The fourth-order valence-electron chi connectivity index (χ4n) is 2.54. The molecule has 24 heavy (non-hydrogen) atoms. The fraction of sp³-hybridized carbons (Fsp3) is 0.211. The molecule has 1 amide bonds. The molecule has 3 rings (SSSR count). The standard InChI is InChI=1S/C19H19FN2O2/c1-13-5-3-4-6-18(13)24-10-9-22(2)19(23)17-12-14-11-15(20)7-8-16(14)21-17/h3-8,11-12,21H,9-10H2,1-2H3. The Morgan fingerprint density at radius 2 is 2.00 bits per heavy atom. The topological polar surface area (TPSA) is 45.3 Å². The van der Waals surface area contributed by atoms with Crippen LogP contribution in [-0.4, -0.2) is 36.0 Å². The summed E-state index contributed by atoms with van der Waals surface area (Å²) in [6.07, 6.45) is 0. The van der Waals surface area contributed by atoms with Gasteiger partial charge in [0.05, 0.1) is 6.54 Å². The maximum atomic E-state index is 13.2. The predicted octanol–water partition coefficient (Wildman–Crippen LogP) is 3.77. The number of amides is 1. The largest absolute Gasteiger partial charge is 0.491 e. The number of benzene rings is 2. The first-order valence-electron chi connectivity index (χ1n) is 7.77. The minimum absolute atomic E-state index is 0.153. The lowest BCUT2D eigenvalue weighted by atomic mass is 10.2. The van der Waals surface area contributed by atoms with Gasteiger partial charge in [-0.15, -0.1) is 0 Å². The molecule has 0 unspecified atom stereocenters. The van der Waals surface area contributed by atoms with Gasteiger partial charge in [-0.3, -0.25) is 4.79 Å². The van der Waals surface area contributed by atoms with Crippen LogP contribution >= 0.6 is 0 Å². The molecule has 0 bridgehead atoms. The molecule has 0 saturated carbocycles. The molecule has 4 nitrogen and oxygen atoms in total. The summed E-state index contributed by atoms with van der Waals surface area (Å²) in [5.41, 5.74) is 2.24. The van der Waals surface area contributed by atoms with Crippen molar-refractivity contribution >= 4 is 16.8 Å². The number of halogens is 1. The molecule has 124 valence electrons. The van der Waals surface area contributed by atoms with Crippen LogP contribution in [0.1, 0.15) is 16.1 Å². The summed E-state index contributed by atoms with van der Waals surface area (Å²) in [4.78, 5) is 17.1. The quantitative estimate of drug-likeness (QED) is 0.776. The number of ether oxygens (including phenoxy) is 1. The smallest absolute Gasteiger partial charge is 0.270 e. The first kappa shape index (κ1) is 16.1. The van der Waals surface area contributed by atoms with E-state index in [1.165, 1.54) is 12.1 Å². The Morgan fingerprint density at radius 1 is 1.21 bits per heavy atom. The molecule has 0 spiro atoms. The summed E-state index contributed by atoms with van der Waals surface area (Å²) in [5, 5.41) is 0.683. The molecule has 1 heterocycles. The van der Waals surface area contributed by atoms with E-state index in [1.54, 1.807) is 24.1 Å². The number of para-hydroxylation sites is 1. The zero-order valence-electron chi connectivity index (χ0n) is 13.7. The Labute approximate surface area is 139 Å². The van der Waals surface area contributed by atoms with Gasteiger partial charge >= 0.3 is 0 Å². The van der Waals surface area contributed by atoms with Gasteiger partial charge in [-0.05, 0) is 42.8 Å². The zero-order valence-corrected chi connectivity index (χ0v) is 13.7. The molecular formula is C19H19FN2O2. The molecule has 3 aromatic rings. The summed E-state index contributed by atoms with van der Waals surface area (Å²) in [5.74, 6) is 0.347. The van der Waals surface area contributed by atoms with E-state index in [9.17, 15) is 9.18 Å². The second kappa shape index (κ2) is 6.74. The van der Waals surface area contributed by atoms with Gasteiger partial charge in [0.1, 0.15) is 23.9 Å². The van der Waals surface area contributed by atoms with E-state index in [0.29, 0.717) is 24.2 Å². The number of nitrogens with zero attached hydrogens (tertiary/aromatic N) is 1. The number of aromatic nitrogens is 1. The molecule has 1 aromatic heterocycles. The van der Waals surface area contributed by atoms with Crippen molar-refractivity contribution in [2.75, 3.05) is 20.2 Å². The number of carbonyl (C=O) groups is 1. The van der Waals surface area contributed by atoms with E-state index in [4.69, 9.17) is 4.74 Å². The normalized spacial score (nSPS) is 10.8. The fourth-order valence-corrected chi connectivity index (χ4v) is 2.54. The number of rotatable bonds is 5. The van der Waals surface area contributed by atoms with Crippen molar-refractivity contribution in [2.45, 2.75) is 6.92 Å². The highest BCUT2D eigenvalue weighted by Gasteiger charge is 2.14. The number of H-pyrrole nitrogens is 1. The molecule has 0 aliphatic heterocycles. The number of aryl methyl sites for hydroxylation is 1. The summed E-state index contributed by atoms with van der Waals surface area (Å²) in [7, 11) is 1.72. The molecule has 0 aliphatic rings. The molecule has 0 radical (unpaired) electrons. The van der Waals surface area contributed by atoms with Crippen LogP contribution in [0.3, 0.4) is 0 Å². The van der Waals surface area contributed by atoms with E-state index in [2.05, 4.69) is 4.98 Å². The minimum atomic E-state index is -0.319. The van der Waals surface area contributed by atoms with Crippen LogP contribution in [0.4, 0.5) is 4.39 Å². The van der Waals surface area contributed by atoms with Crippen molar-refractivity contribution in [3.63, 3.8) is 0 Å². The number of carbonyl (C=O) groups excluding carboxylic acids is 1. The second-order valence-corrected chi connectivity index (χ2v) is 5.76. The van der Waals surface area contributed by atoms with Crippen LogP contribution in [0, 0.1) is 12.7 Å². The van der Waals surface area contributed by atoms with Crippen LogP contribution in [-0.2, 0) is 0 Å². The summed E-state index contributed by atoms with van der Waals surface area (Å²) < 4.78 is 19.0. The number of aromatic amines is 1. The van der Waals surface area contributed by atoms with Crippen molar-refractivity contribution in [1.82, 2.24) is 9.88 Å². The molecule has 0 fully saturated rings. The van der Waals surface area contributed by atoms with Crippen LogP contribution in [0.2, 0.25) is 0 Å². The Bertz CT molecular complexity index is 873. The minimum Gasteiger partial charge on any atom is -0.491 e. The van der Waals surface area contributed by atoms with Gasteiger partial charge < -0.3 is 14.6 Å². The number of nitrogens with one attached hydrogen (secondary N) is 1. The highest BCUT2D eigenvalue weighted by atomic mass is 19.1. The number of likely N-dealkylation sites (N-methyl/N-ethyl adjacent to an activating group) is 1. The van der Waals surface area contributed by atoms with Gasteiger partial charge in [0.25, 0.3) is 5.91 Å². The van der Waals surface area contributed by atoms with E-state index < -0.39 is 0 Å². The monoisotopic (exact) mass is 326 g/mol. The Hall–Kier alpha value is -2.82. The molecule has 0 atom stereocenters. The maximum absolute atomic E-state index is 13.2. The average molecular weight is 326 g/mol. The maximum Gasteiger partial charge on any atom is 0.270 e. The predicted molar refractivity (Wildman–Crippen MR) is 91.9 cm³/mol. The lowest BCUT2D eigenvalue weighted by Gasteiger charge is -2.17. The van der Waals surface area contributed by atoms with E-state index in [-0.39, 0.29) is 11.7 Å². The lowest BCUT2D eigenvalue weighted by Crippen LogP contribution is -2.31. The van der Waals surface area contributed by atoms with E-state index in [0.717, 1.165) is 16.8 Å². The molecular weight excluding hydrogens is 307 g/mol. The first-order valence-corrected chi connectivity index (χ1v) is 7.77. The molecule has 0 saturated heterocycles.